The van der Waals surface area contributed by atoms with Crippen LogP contribution in [0.15, 0.2) is 40.6 Å². The van der Waals surface area contributed by atoms with Crippen molar-refractivity contribution in [3.63, 3.8) is 0 Å². The summed E-state index contributed by atoms with van der Waals surface area (Å²) in [4.78, 5) is 1.43. The minimum Gasteiger partial charge on any atom is -0.378 e. The van der Waals surface area contributed by atoms with Crippen molar-refractivity contribution in [1.82, 2.24) is 0 Å². The van der Waals surface area contributed by atoms with E-state index < -0.39 is 5.51 Å². The highest BCUT2D eigenvalue weighted by atomic mass is 32.2. The molecule has 2 rings (SSSR count). The van der Waals surface area contributed by atoms with Crippen molar-refractivity contribution in [2.45, 2.75) is 30.3 Å². The third-order valence-corrected chi connectivity index (χ3v) is 4.71. The number of nitrogens with one attached hydrogen (secondary N) is 1. The molecule has 0 fully saturated rings. The van der Waals surface area contributed by atoms with Gasteiger partial charge in [0.15, 0.2) is 0 Å². The highest BCUT2D eigenvalue weighted by Crippen LogP contribution is 2.37. The second-order valence-electron chi connectivity index (χ2n) is 4.41. The number of alkyl halides is 3. The van der Waals surface area contributed by atoms with E-state index in [9.17, 15) is 13.2 Å². The first-order valence-electron chi connectivity index (χ1n) is 6.01. The number of anilines is 1. The van der Waals surface area contributed by atoms with E-state index in [1.54, 1.807) is 23.5 Å². The summed E-state index contributed by atoms with van der Waals surface area (Å²) in [5.41, 5.74) is -2.20. The fraction of sp³-hybridized carbons (Fsp3) is 0.286. The Bertz CT molecular complexity index is 561. The van der Waals surface area contributed by atoms with E-state index in [2.05, 4.69) is 11.4 Å². The first-order valence-corrected chi connectivity index (χ1v) is 7.71. The molecule has 0 bridgehead atoms. The summed E-state index contributed by atoms with van der Waals surface area (Å²) in [6, 6.07) is 8.50. The summed E-state index contributed by atoms with van der Waals surface area (Å²) in [6.07, 6.45) is 0. The number of hydrogen-bond acceptors (Lipinski definition) is 3. The maximum atomic E-state index is 12.2. The van der Waals surface area contributed by atoms with Crippen LogP contribution in [-0.4, -0.2) is 5.51 Å². The quantitative estimate of drug-likeness (QED) is 0.711. The van der Waals surface area contributed by atoms with Crippen LogP contribution in [0, 0.1) is 6.92 Å². The molecule has 1 aromatic carbocycles. The van der Waals surface area contributed by atoms with Gasteiger partial charge in [-0.05, 0) is 66.9 Å². The van der Waals surface area contributed by atoms with Crippen molar-refractivity contribution in [2.24, 2.45) is 0 Å². The summed E-state index contributed by atoms with van der Waals surface area (Å²) >= 11 is 1.58. The second-order valence-corrected chi connectivity index (χ2v) is 6.49. The van der Waals surface area contributed by atoms with Gasteiger partial charge in [-0.25, -0.2) is 0 Å². The molecule has 1 aromatic heterocycles. The van der Waals surface area contributed by atoms with Crippen LogP contribution in [0.1, 0.15) is 23.4 Å². The normalized spacial score (nSPS) is 13.2. The van der Waals surface area contributed by atoms with Gasteiger partial charge in [-0.1, -0.05) is 0 Å². The largest absolute Gasteiger partial charge is 0.446 e. The third kappa shape index (κ3) is 4.18. The summed E-state index contributed by atoms with van der Waals surface area (Å²) in [5.74, 6) is 0. The zero-order valence-electron chi connectivity index (χ0n) is 11.0. The molecule has 1 N–H and O–H groups in total. The lowest BCUT2D eigenvalue weighted by Gasteiger charge is -2.15. The van der Waals surface area contributed by atoms with Crippen molar-refractivity contribution in [3.8, 4) is 0 Å². The lowest BCUT2D eigenvalue weighted by molar-refractivity contribution is -0.0328. The first-order chi connectivity index (χ1) is 9.35. The first kappa shape index (κ1) is 15.3. The predicted octanol–water partition coefficient (Wildman–Crippen LogP) is 5.84. The van der Waals surface area contributed by atoms with Gasteiger partial charge in [-0.3, -0.25) is 0 Å². The Morgan fingerprint density at radius 3 is 2.30 bits per heavy atom. The van der Waals surface area contributed by atoms with Crippen LogP contribution in [-0.2, 0) is 0 Å². The standard InChI is InChI=1S/C14H14F3NS2/c1-9-7-8-19-13(9)10(2)18-11-3-5-12(6-4-11)20-14(15,16)17/h3-8,10,18H,1-2H3. The molecular weight excluding hydrogens is 303 g/mol. The zero-order chi connectivity index (χ0) is 14.8. The minimum atomic E-state index is -4.24. The highest BCUT2D eigenvalue weighted by Gasteiger charge is 2.29. The van der Waals surface area contributed by atoms with Gasteiger partial charge in [0, 0.05) is 15.5 Å². The Morgan fingerprint density at radius 2 is 1.80 bits per heavy atom. The van der Waals surface area contributed by atoms with Gasteiger partial charge in [-0.15, -0.1) is 11.3 Å². The van der Waals surface area contributed by atoms with Gasteiger partial charge in [0.2, 0.25) is 0 Å². The fourth-order valence-electron chi connectivity index (χ4n) is 1.90. The van der Waals surface area contributed by atoms with Gasteiger partial charge in [0.25, 0.3) is 0 Å². The summed E-state index contributed by atoms with van der Waals surface area (Å²) < 4.78 is 36.7. The van der Waals surface area contributed by atoms with Gasteiger partial charge in [0.1, 0.15) is 0 Å². The van der Waals surface area contributed by atoms with Crippen LogP contribution >= 0.6 is 23.1 Å². The number of thioether (sulfide) groups is 1. The monoisotopic (exact) mass is 317 g/mol. The number of aryl methyl sites for hydroxylation is 1. The lowest BCUT2D eigenvalue weighted by atomic mass is 10.2. The van der Waals surface area contributed by atoms with E-state index in [1.165, 1.54) is 22.6 Å². The molecule has 0 aliphatic heterocycles. The molecular formula is C14H14F3NS2. The Balaban J connectivity index is 2.02. The molecule has 0 saturated carbocycles. The molecule has 1 heterocycles. The fourth-order valence-corrected chi connectivity index (χ4v) is 3.37. The van der Waals surface area contributed by atoms with Gasteiger partial charge in [-0.2, -0.15) is 13.2 Å². The van der Waals surface area contributed by atoms with Crippen molar-refractivity contribution in [3.05, 3.63) is 46.2 Å². The Kier molecular flexibility index (Phi) is 4.65. The third-order valence-electron chi connectivity index (χ3n) is 2.77. The Hall–Kier alpha value is -1.14. The Labute approximate surface area is 124 Å². The van der Waals surface area contributed by atoms with E-state index in [0.29, 0.717) is 0 Å². The number of rotatable bonds is 4. The van der Waals surface area contributed by atoms with Crippen molar-refractivity contribution < 1.29 is 13.2 Å². The van der Waals surface area contributed by atoms with Crippen LogP contribution in [0.2, 0.25) is 0 Å². The predicted molar refractivity (Wildman–Crippen MR) is 79.4 cm³/mol. The number of halogens is 3. The van der Waals surface area contributed by atoms with Crippen LogP contribution in [0.3, 0.4) is 0 Å². The molecule has 108 valence electrons. The molecule has 0 aliphatic rings. The van der Waals surface area contributed by atoms with E-state index >= 15 is 0 Å². The Morgan fingerprint density at radius 1 is 1.15 bits per heavy atom. The topological polar surface area (TPSA) is 12.0 Å². The van der Waals surface area contributed by atoms with E-state index in [0.717, 1.165) is 5.69 Å². The molecule has 0 aliphatic carbocycles. The maximum Gasteiger partial charge on any atom is 0.446 e. The van der Waals surface area contributed by atoms with Crippen LogP contribution in [0.5, 0.6) is 0 Å². The van der Waals surface area contributed by atoms with Gasteiger partial charge in [0.05, 0.1) is 6.04 Å². The van der Waals surface area contributed by atoms with E-state index in [4.69, 9.17) is 0 Å². The van der Waals surface area contributed by atoms with Gasteiger partial charge >= 0.3 is 5.51 Å². The molecule has 20 heavy (non-hydrogen) atoms. The highest BCUT2D eigenvalue weighted by molar-refractivity contribution is 8.00. The summed E-state index contributed by atoms with van der Waals surface area (Å²) in [5, 5.41) is 5.33. The average Bonchev–Trinajstić information content (AvgIpc) is 2.76. The summed E-state index contributed by atoms with van der Waals surface area (Å²) in [6.45, 7) is 4.09. The van der Waals surface area contributed by atoms with Crippen LogP contribution < -0.4 is 5.32 Å². The lowest BCUT2D eigenvalue weighted by Crippen LogP contribution is -2.06. The zero-order valence-corrected chi connectivity index (χ0v) is 12.6. The van der Waals surface area contributed by atoms with Crippen molar-refractivity contribution in [2.75, 3.05) is 5.32 Å². The molecule has 0 spiro atoms. The van der Waals surface area contributed by atoms with Crippen molar-refractivity contribution in [1.29, 1.82) is 0 Å². The number of benzene rings is 1. The van der Waals surface area contributed by atoms with Gasteiger partial charge < -0.3 is 5.32 Å². The van der Waals surface area contributed by atoms with Crippen LogP contribution in [0.25, 0.3) is 0 Å². The number of hydrogen-bond donors (Lipinski definition) is 1. The molecule has 1 atom stereocenters. The molecule has 6 heteroatoms. The summed E-state index contributed by atoms with van der Waals surface area (Å²) in [7, 11) is 0. The van der Waals surface area contributed by atoms with E-state index in [1.807, 2.05) is 19.2 Å². The molecule has 1 unspecified atom stereocenters. The van der Waals surface area contributed by atoms with Crippen LogP contribution in [0.4, 0.5) is 18.9 Å². The average molecular weight is 317 g/mol. The van der Waals surface area contributed by atoms with E-state index in [-0.39, 0.29) is 22.7 Å². The molecule has 2 aromatic rings. The van der Waals surface area contributed by atoms with Crippen molar-refractivity contribution >= 4 is 28.8 Å². The molecule has 0 amide bonds. The second kappa shape index (κ2) is 6.10. The minimum absolute atomic E-state index is 0.0972. The smallest absolute Gasteiger partial charge is 0.378 e. The SMILES string of the molecule is Cc1ccsc1C(C)Nc1ccc(SC(F)(F)F)cc1. The maximum absolute atomic E-state index is 12.2. The molecule has 0 radical (unpaired) electrons. The molecule has 0 saturated heterocycles. The molecule has 1 nitrogen and oxygen atoms in total. The number of thiophene rings is 1.